The molecule has 1 amide bonds. The number of carbonyl (C=O) groups excluding carboxylic acids is 2. The van der Waals surface area contributed by atoms with Crippen molar-refractivity contribution < 1.29 is 14.3 Å². The third kappa shape index (κ3) is 4.93. The molecule has 19 heavy (non-hydrogen) atoms. The van der Waals surface area contributed by atoms with Crippen LogP contribution in [0.25, 0.3) is 0 Å². The van der Waals surface area contributed by atoms with Crippen LogP contribution in [0.5, 0.6) is 0 Å². The van der Waals surface area contributed by atoms with Gasteiger partial charge in [-0.3, -0.25) is 4.79 Å². The fourth-order valence-electron chi connectivity index (χ4n) is 1.34. The zero-order valence-corrected chi connectivity index (χ0v) is 12.7. The van der Waals surface area contributed by atoms with E-state index >= 15 is 0 Å². The molecule has 7 heteroatoms. The second-order valence-corrected chi connectivity index (χ2v) is 5.48. The van der Waals surface area contributed by atoms with Gasteiger partial charge in [0.25, 0.3) is 0 Å². The Morgan fingerprint density at radius 2 is 1.95 bits per heavy atom. The fraction of sp³-hybridized carbons (Fsp3) is 0.333. The van der Waals surface area contributed by atoms with Crippen LogP contribution in [-0.4, -0.2) is 30.8 Å². The molecule has 4 nitrogen and oxygen atoms in total. The van der Waals surface area contributed by atoms with Crippen molar-refractivity contribution in [3.8, 4) is 0 Å². The average molecular weight is 322 g/mol. The highest BCUT2D eigenvalue weighted by atomic mass is 35.5. The quantitative estimate of drug-likeness (QED) is 0.669. The fourth-order valence-corrected chi connectivity index (χ4v) is 3.03. The molecule has 0 saturated heterocycles. The van der Waals surface area contributed by atoms with Crippen LogP contribution >= 0.6 is 35.0 Å². The lowest BCUT2D eigenvalue weighted by atomic mass is 10.3. The third-order valence-corrected chi connectivity index (χ3v) is 4.26. The largest absolute Gasteiger partial charge is 0.467 e. The lowest BCUT2D eigenvalue weighted by molar-refractivity contribution is -0.144. The molecule has 1 aromatic carbocycles. The average Bonchev–Trinajstić information content (AvgIpc) is 2.35. The van der Waals surface area contributed by atoms with Gasteiger partial charge in [-0.15, -0.1) is 11.8 Å². The Morgan fingerprint density at radius 3 is 2.42 bits per heavy atom. The van der Waals surface area contributed by atoms with Crippen LogP contribution in [0.1, 0.15) is 6.92 Å². The predicted octanol–water partition coefficient (Wildman–Crippen LogP) is 2.76. The van der Waals surface area contributed by atoms with Crippen LogP contribution in [-0.2, 0) is 14.3 Å². The molecule has 1 N–H and O–H groups in total. The monoisotopic (exact) mass is 321 g/mol. The van der Waals surface area contributed by atoms with Crippen molar-refractivity contribution >= 4 is 46.8 Å². The SMILES string of the molecule is COC(=O)C(CSc1c(Cl)cccc1Cl)NC(C)=O. The van der Waals surface area contributed by atoms with Crippen LogP contribution < -0.4 is 5.32 Å². The second kappa shape index (κ2) is 7.62. The van der Waals surface area contributed by atoms with E-state index in [2.05, 4.69) is 10.1 Å². The Balaban J connectivity index is 2.76. The number of benzene rings is 1. The van der Waals surface area contributed by atoms with E-state index in [0.717, 1.165) is 0 Å². The van der Waals surface area contributed by atoms with Crippen LogP contribution in [0.3, 0.4) is 0 Å². The highest BCUT2D eigenvalue weighted by molar-refractivity contribution is 7.99. The van der Waals surface area contributed by atoms with E-state index in [1.165, 1.54) is 25.8 Å². The first-order valence-corrected chi connectivity index (χ1v) is 7.11. The molecular weight excluding hydrogens is 309 g/mol. The van der Waals surface area contributed by atoms with Crippen molar-refractivity contribution in [2.24, 2.45) is 0 Å². The van der Waals surface area contributed by atoms with Crippen LogP contribution in [0.15, 0.2) is 23.1 Å². The zero-order chi connectivity index (χ0) is 14.4. The summed E-state index contributed by atoms with van der Waals surface area (Å²) < 4.78 is 4.63. The van der Waals surface area contributed by atoms with Crippen molar-refractivity contribution in [3.05, 3.63) is 28.2 Å². The minimum atomic E-state index is -0.736. The van der Waals surface area contributed by atoms with Crippen molar-refractivity contribution in [1.29, 1.82) is 0 Å². The van der Waals surface area contributed by atoms with Crippen molar-refractivity contribution in [1.82, 2.24) is 5.32 Å². The third-order valence-electron chi connectivity index (χ3n) is 2.18. The Bertz CT molecular complexity index is 462. The molecule has 0 aromatic heterocycles. The van der Waals surface area contributed by atoms with Crippen molar-refractivity contribution in [2.45, 2.75) is 17.9 Å². The minimum absolute atomic E-state index is 0.287. The number of methoxy groups -OCH3 is 1. The predicted molar refractivity (Wildman–Crippen MR) is 76.8 cm³/mol. The van der Waals surface area contributed by atoms with Gasteiger partial charge >= 0.3 is 5.97 Å². The van der Waals surface area contributed by atoms with E-state index in [9.17, 15) is 9.59 Å². The molecule has 0 aliphatic rings. The summed E-state index contributed by atoms with van der Waals surface area (Å²) in [7, 11) is 1.27. The van der Waals surface area contributed by atoms with Gasteiger partial charge in [0.2, 0.25) is 5.91 Å². The number of hydrogen-bond acceptors (Lipinski definition) is 4. The number of nitrogens with one attached hydrogen (secondary N) is 1. The standard InChI is InChI=1S/C12H13Cl2NO3S/c1-7(16)15-10(12(17)18-2)6-19-11-8(13)4-3-5-9(11)14/h3-5,10H,6H2,1-2H3,(H,15,16). The van der Waals surface area contributed by atoms with E-state index in [-0.39, 0.29) is 11.7 Å². The number of carbonyl (C=O) groups is 2. The van der Waals surface area contributed by atoms with Gasteiger partial charge in [0.05, 0.1) is 17.2 Å². The van der Waals surface area contributed by atoms with Gasteiger partial charge in [-0.25, -0.2) is 4.79 Å². The minimum Gasteiger partial charge on any atom is -0.467 e. The molecule has 0 heterocycles. The molecule has 0 spiro atoms. The van der Waals surface area contributed by atoms with Gasteiger partial charge in [-0.05, 0) is 12.1 Å². The highest BCUT2D eigenvalue weighted by Crippen LogP contribution is 2.34. The van der Waals surface area contributed by atoms with Crippen molar-refractivity contribution in [2.75, 3.05) is 12.9 Å². The molecule has 1 atom stereocenters. The molecule has 0 aliphatic heterocycles. The Hall–Kier alpha value is -0.910. The first kappa shape index (κ1) is 16.1. The number of halogens is 2. The number of hydrogen-bond donors (Lipinski definition) is 1. The molecule has 0 saturated carbocycles. The molecule has 0 bridgehead atoms. The van der Waals surface area contributed by atoms with Gasteiger partial charge in [0.1, 0.15) is 6.04 Å². The molecule has 0 aliphatic carbocycles. The number of thioether (sulfide) groups is 1. The van der Waals surface area contributed by atoms with Crippen LogP contribution in [0, 0.1) is 0 Å². The summed E-state index contributed by atoms with van der Waals surface area (Å²) in [5, 5.41) is 3.53. The van der Waals surface area contributed by atoms with Gasteiger partial charge < -0.3 is 10.1 Å². The zero-order valence-electron chi connectivity index (χ0n) is 10.4. The van der Waals surface area contributed by atoms with Crippen molar-refractivity contribution in [3.63, 3.8) is 0 Å². The van der Waals surface area contributed by atoms with Crippen LogP contribution in [0.2, 0.25) is 10.0 Å². The van der Waals surface area contributed by atoms with Crippen LogP contribution in [0.4, 0.5) is 0 Å². The molecule has 104 valence electrons. The van der Waals surface area contributed by atoms with E-state index in [0.29, 0.717) is 14.9 Å². The van der Waals surface area contributed by atoms with E-state index in [1.54, 1.807) is 18.2 Å². The van der Waals surface area contributed by atoms with E-state index < -0.39 is 12.0 Å². The molecule has 0 fully saturated rings. The number of ether oxygens (including phenoxy) is 1. The topological polar surface area (TPSA) is 55.4 Å². The number of esters is 1. The first-order valence-electron chi connectivity index (χ1n) is 5.37. The molecule has 1 rings (SSSR count). The second-order valence-electron chi connectivity index (χ2n) is 3.64. The van der Waals surface area contributed by atoms with E-state index in [4.69, 9.17) is 23.2 Å². The Labute approximate surface area is 125 Å². The maximum Gasteiger partial charge on any atom is 0.329 e. The summed E-state index contributed by atoms with van der Waals surface area (Å²) in [5.41, 5.74) is 0. The van der Waals surface area contributed by atoms with E-state index in [1.807, 2.05) is 0 Å². The molecular formula is C12H13Cl2NO3S. The smallest absolute Gasteiger partial charge is 0.329 e. The summed E-state index contributed by atoms with van der Waals surface area (Å²) in [6, 6.07) is 4.42. The number of rotatable bonds is 5. The maximum absolute atomic E-state index is 11.5. The highest BCUT2D eigenvalue weighted by Gasteiger charge is 2.21. The number of amides is 1. The normalized spacial score (nSPS) is 11.8. The Morgan fingerprint density at radius 1 is 1.37 bits per heavy atom. The summed E-state index contributed by atoms with van der Waals surface area (Å²) in [6.45, 7) is 1.34. The molecule has 0 radical (unpaired) electrons. The van der Waals surface area contributed by atoms with Gasteiger partial charge in [-0.2, -0.15) is 0 Å². The summed E-state index contributed by atoms with van der Waals surface area (Å²) in [4.78, 5) is 23.2. The van der Waals surface area contributed by atoms with Gasteiger partial charge in [0, 0.05) is 17.6 Å². The molecule has 1 aromatic rings. The van der Waals surface area contributed by atoms with Gasteiger partial charge in [-0.1, -0.05) is 29.3 Å². The Kier molecular flexibility index (Phi) is 6.48. The lowest BCUT2D eigenvalue weighted by Crippen LogP contribution is -2.42. The van der Waals surface area contributed by atoms with Gasteiger partial charge in [0.15, 0.2) is 0 Å². The summed E-state index contributed by atoms with van der Waals surface area (Å²) in [6.07, 6.45) is 0. The summed E-state index contributed by atoms with van der Waals surface area (Å²) in [5.74, 6) is -0.525. The maximum atomic E-state index is 11.5. The lowest BCUT2D eigenvalue weighted by Gasteiger charge is -2.15. The summed E-state index contributed by atoms with van der Waals surface area (Å²) >= 11 is 13.3. The molecule has 1 unspecified atom stereocenters. The first-order chi connectivity index (χ1) is 8.95.